The molecule has 1 aromatic carbocycles. The van der Waals surface area contributed by atoms with Crippen LogP contribution in [-0.2, 0) is 11.2 Å². The summed E-state index contributed by atoms with van der Waals surface area (Å²) in [6, 6.07) is 10.0. The number of benzene rings is 1. The minimum absolute atomic E-state index is 0.265. The first-order valence-corrected chi connectivity index (χ1v) is 6.47. The molecule has 0 atom stereocenters. The second-order valence-electron chi connectivity index (χ2n) is 4.65. The average Bonchev–Trinajstić information content (AvgIpc) is 2.91. The van der Waals surface area contributed by atoms with Gasteiger partial charge in [0.25, 0.3) is 0 Å². The number of aromatic nitrogens is 2. The third-order valence-electron chi connectivity index (χ3n) is 3.33. The molecule has 2 heterocycles. The van der Waals surface area contributed by atoms with Crippen LogP contribution in [-0.4, -0.2) is 22.5 Å². The maximum atomic E-state index is 13.7. The Bertz CT molecular complexity index is 811. The van der Waals surface area contributed by atoms with Crippen molar-refractivity contribution < 1.29 is 13.9 Å². The van der Waals surface area contributed by atoms with Crippen molar-refractivity contribution >= 4 is 11.5 Å². The lowest BCUT2D eigenvalue weighted by atomic mass is 10.1. The molecule has 2 aromatic heterocycles. The van der Waals surface area contributed by atoms with Crippen molar-refractivity contribution in [3.8, 4) is 0 Å². The van der Waals surface area contributed by atoms with Crippen LogP contribution >= 0.6 is 0 Å². The van der Waals surface area contributed by atoms with Crippen molar-refractivity contribution in [1.29, 1.82) is 0 Å². The van der Waals surface area contributed by atoms with Crippen molar-refractivity contribution in [2.75, 3.05) is 7.11 Å². The molecule has 0 aliphatic heterocycles. The van der Waals surface area contributed by atoms with Gasteiger partial charge in [0.05, 0.1) is 24.4 Å². The molecule has 3 rings (SSSR count). The largest absolute Gasteiger partial charge is 0.465 e. The smallest absolute Gasteiger partial charge is 0.339 e. The molecule has 0 saturated carbocycles. The van der Waals surface area contributed by atoms with Crippen molar-refractivity contribution in [2.45, 2.75) is 6.42 Å². The number of fused-ring (bicyclic) bond motifs is 1. The van der Waals surface area contributed by atoms with Crippen LogP contribution in [0.25, 0.3) is 5.52 Å². The first-order valence-electron chi connectivity index (χ1n) is 6.47. The zero-order valence-corrected chi connectivity index (χ0v) is 11.4. The summed E-state index contributed by atoms with van der Waals surface area (Å²) in [4.78, 5) is 15.9. The van der Waals surface area contributed by atoms with E-state index in [0.29, 0.717) is 23.4 Å². The lowest BCUT2D eigenvalue weighted by Gasteiger charge is -2.05. The minimum atomic E-state index is -0.414. The van der Waals surface area contributed by atoms with Crippen LogP contribution in [0.3, 0.4) is 0 Å². The van der Waals surface area contributed by atoms with E-state index in [0.717, 1.165) is 5.52 Å². The average molecular weight is 284 g/mol. The van der Waals surface area contributed by atoms with Crippen molar-refractivity contribution in [3.05, 3.63) is 71.6 Å². The first-order chi connectivity index (χ1) is 10.2. The SMILES string of the molecule is COC(=O)c1ccc2cnc(Cc3ccccc3F)n2c1. The second-order valence-corrected chi connectivity index (χ2v) is 4.65. The normalized spacial score (nSPS) is 10.8. The number of nitrogens with zero attached hydrogens (tertiary/aromatic N) is 2. The highest BCUT2D eigenvalue weighted by molar-refractivity contribution is 5.89. The van der Waals surface area contributed by atoms with Gasteiger partial charge in [0.1, 0.15) is 11.6 Å². The molecule has 0 radical (unpaired) electrons. The fourth-order valence-electron chi connectivity index (χ4n) is 2.23. The van der Waals surface area contributed by atoms with Crippen molar-refractivity contribution in [2.24, 2.45) is 0 Å². The van der Waals surface area contributed by atoms with E-state index in [-0.39, 0.29) is 5.82 Å². The van der Waals surface area contributed by atoms with Gasteiger partial charge in [0, 0.05) is 12.6 Å². The van der Waals surface area contributed by atoms with E-state index >= 15 is 0 Å². The van der Waals surface area contributed by atoms with Gasteiger partial charge >= 0.3 is 5.97 Å². The predicted octanol–water partition coefficient (Wildman–Crippen LogP) is 2.85. The van der Waals surface area contributed by atoms with Gasteiger partial charge in [-0.3, -0.25) is 0 Å². The van der Waals surface area contributed by atoms with E-state index < -0.39 is 5.97 Å². The van der Waals surface area contributed by atoms with Crippen LogP contribution in [0.1, 0.15) is 21.7 Å². The predicted molar refractivity (Wildman–Crippen MR) is 75.7 cm³/mol. The molecule has 0 unspecified atom stereocenters. The van der Waals surface area contributed by atoms with Gasteiger partial charge in [-0.1, -0.05) is 18.2 Å². The number of rotatable bonds is 3. The lowest BCUT2D eigenvalue weighted by molar-refractivity contribution is 0.0600. The highest BCUT2D eigenvalue weighted by Gasteiger charge is 2.11. The summed E-state index contributed by atoms with van der Waals surface area (Å²) in [5.41, 5.74) is 1.83. The fourth-order valence-corrected chi connectivity index (χ4v) is 2.23. The van der Waals surface area contributed by atoms with E-state index in [2.05, 4.69) is 4.98 Å². The lowest BCUT2D eigenvalue weighted by Crippen LogP contribution is -2.04. The summed E-state index contributed by atoms with van der Waals surface area (Å²) >= 11 is 0. The zero-order valence-electron chi connectivity index (χ0n) is 11.4. The van der Waals surface area contributed by atoms with Crippen LogP contribution < -0.4 is 0 Å². The molecule has 0 saturated heterocycles. The van der Waals surface area contributed by atoms with Crippen molar-refractivity contribution in [3.63, 3.8) is 0 Å². The number of imidazole rings is 1. The summed E-state index contributed by atoms with van der Waals surface area (Å²) < 4.78 is 20.2. The summed E-state index contributed by atoms with van der Waals surface area (Å²) in [6.45, 7) is 0. The van der Waals surface area contributed by atoms with E-state index in [9.17, 15) is 9.18 Å². The van der Waals surface area contributed by atoms with Gasteiger partial charge in [-0.25, -0.2) is 14.2 Å². The Kier molecular flexibility index (Phi) is 3.39. The molecule has 0 spiro atoms. The molecule has 5 heteroatoms. The molecule has 0 fully saturated rings. The zero-order chi connectivity index (χ0) is 14.8. The van der Waals surface area contributed by atoms with E-state index in [1.807, 2.05) is 0 Å². The fraction of sp³-hybridized carbons (Fsp3) is 0.125. The number of halogens is 1. The monoisotopic (exact) mass is 284 g/mol. The number of pyridine rings is 1. The highest BCUT2D eigenvalue weighted by Crippen LogP contribution is 2.15. The van der Waals surface area contributed by atoms with E-state index in [4.69, 9.17) is 4.74 Å². The summed E-state index contributed by atoms with van der Waals surface area (Å²) in [5.74, 6) is -0.0123. The molecule has 0 bridgehead atoms. The van der Waals surface area contributed by atoms with Crippen LogP contribution in [0.2, 0.25) is 0 Å². The number of esters is 1. The Morgan fingerprint density at radius 3 is 2.86 bits per heavy atom. The maximum absolute atomic E-state index is 13.7. The third-order valence-corrected chi connectivity index (χ3v) is 3.33. The van der Waals surface area contributed by atoms with Crippen molar-refractivity contribution in [1.82, 2.24) is 9.38 Å². The van der Waals surface area contributed by atoms with Crippen LogP contribution in [0, 0.1) is 5.82 Å². The van der Waals surface area contributed by atoms with E-state index in [1.165, 1.54) is 13.2 Å². The molecule has 106 valence electrons. The number of hydrogen-bond acceptors (Lipinski definition) is 3. The van der Waals surface area contributed by atoms with Gasteiger partial charge < -0.3 is 9.14 Å². The molecular formula is C16H13FN2O2. The number of hydrogen-bond donors (Lipinski definition) is 0. The van der Waals surface area contributed by atoms with Gasteiger partial charge in [-0.2, -0.15) is 0 Å². The van der Waals surface area contributed by atoms with Crippen LogP contribution in [0.4, 0.5) is 4.39 Å². The van der Waals surface area contributed by atoms with Gasteiger partial charge in [-0.15, -0.1) is 0 Å². The Labute approximate surface area is 120 Å². The Morgan fingerprint density at radius 1 is 1.29 bits per heavy atom. The Hall–Kier alpha value is -2.69. The molecule has 3 aromatic rings. The third kappa shape index (κ3) is 2.50. The number of methoxy groups -OCH3 is 1. The molecule has 0 amide bonds. The molecule has 0 N–H and O–H groups in total. The maximum Gasteiger partial charge on any atom is 0.339 e. The molecule has 21 heavy (non-hydrogen) atoms. The molecule has 0 aliphatic carbocycles. The van der Waals surface area contributed by atoms with Crippen LogP contribution in [0.5, 0.6) is 0 Å². The molecule has 4 nitrogen and oxygen atoms in total. The first kappa shape index (κ1) is 13.3. The summed E-state index contributed by atoms with van der Waals surface area (Å²) in [5, 5.41) is 0. The Balaban J connectivity index is 2.03. The topological polar surface area (TPSA) is 43.6 Å². The van der Waals surface area contributed by atoms with Gasteiger partial charge in [0.15, 0.2) is 0 Å². The second kappa shape index (κ2) is 5.36. The standard InChI is InChI=1S/C16H13FN2O2/c1-21-16(20)12-6-7-13-9-18-15(19(13)10-12)8-11-4-2-3-5-14(11)17/h2-7,9-10H,8H2,1H3. The quantitative estimate of drug-likeness (QED) is 0.695. The number of ether oxygens (including phenoxy) is 1. The summed E-state index contributed by atoms with van der Waals surface area (Å²) in [7, 11) is 1.33. The number of carbonyl (C=O) groups is 1. The van der Waals surface area contributed by atoms with Gasteiger partial charge in [0.2, 0.25) is 0 Å². The highest BCUT2D eigenvalue weighted by atomic mass is 19.1. The number of carbonyl (C=O) groups excluding carboxylic acids is 1. The van der Waals surface area contributed by atoms with Crippen LogP contribution in [0.15, 0.2) is 48.8 Å². The van der Waals surface area contributed by atoms with Gasteiger partial charge in [-0.05, 0) is 23.8 Å². The minimum Gasteiger partial charge on any atom is -0.465 e. The van der Waals surface area contributed by atoms with E-state index in [1.54, 1.807) is 47.1 Å². The Morgan fingerprint density at radius 2 is 2.10 bits per heavy atom. The summed E-state index contributed by atoms with van der Waals surface area (Å²) in [6.07, 6.45) is 3.70. The molecule has 0 aliphatic rings. The molecular weight excluding hydrogens is 271 g/mol.